The van der Waals surface area contributed by atoms with E-state index in [2.05, 4.69) is 24.4 Å². The second-order valence-electron chi connectivity index (χ2n) is 5.47. The van der Waals surface area contributed by atoms with Gasteiger partial charge in [-0.2, -0.15) is 5.10 Å². The van der Waals surface area contributed by atoms with Crippen molar-refractivity contribution < 1.29 is 4.79 Å². The molecule has 2 rings (SSSR count). The fourth-order valence-electron chi connectivity index (χ4n) is 2.03. The van der Waals surface area contributed by atoms with Crippen molar-refractivity contribution in [3.05, 3.63) is 70.7 Å². The van der Waals surface area contributed by atoms with Crippen LogP contribution in [0.25, 0.3) is 0 Å². The first-order valence-corrected chi connectivity index (χ1v) is 7.62. The third-order valence-electron chi connectivity index (χ3n) is 3.11. The molecule has 0 spiro atoms. The Hall–Kier alpha value is -2.13. The summed E-state index contributed by atoms with van der Waals surface area (Å²) in [5.41, 5.74) is 5.05. The monoisotopic (exact) mass is 314 g/mol. The molecule has 2 aromatic carbocycles. The van der Waals surface area contributed by atoms with E-state index in [4.69, 9.17) is 11.6 Å². The van der Waals surface area contributed by atoms with Crippen LogP contribution in [0.5, 0.6) is 0 Å². The molecule has 1 N–H and O–H groups in total. The molecule has 0 aliphatic carbocycles. The van der Waals surface area contributed by atoms with Gasteiger partial charge in [-0.15, -0.1) is 0 Å². The number of hydrogen-bond donors (Lipinski definition) is 1. The van der Waals surface area contributed by atoms with Gasteiger partial charge in [0.25, 0.3) is 5.91 Å². The number of nitrogens with zero attached hydrogens (tertiary/aromatic N) is 1. The number of amides is 1. The second kappa shape index (κ2) is 7.76. The van der Waals surface area contributed by atoms with Crippen LogP contribution >= 0.6 is 11.6 Å². The number of nitrogens with one attached hydrogen (secondary N) is 1. The van der Waals surface area contributed by atoms with Crippen molar-refractivity contribution in [2.75, 3.05) is 0 Å². The van der Waals surface area contributed by atoms with Crippen LogP contribution < -0.4 is 5.43 Å². The normalized spacial score (nSPS) is 11.5. The molecule has 0 heterocycles. The zero-order valence-corrected chi connectivity index (χ0v) is 13.5. The third kappa shape index (κ3) is 4.71. The molecule has 0 saturated carbocycles. The summed E-state index contributed by atoms with van der Waals surface area (Å²) in [5.74, 6) is 0.209. The fourth-order valence-corrected chi connectivity index (χ4v) is 2.16. The van der Waals surface area contributed by atoms with Crippen molar-refractivity contribution in [1.82, 2.24) is 5.43 Å². The van der Waals surface area contributed by atoms with E-state index in [9.17, 15) is 4.79 Å². The summed E-state index contributed by atoms with van der Waals surface area (Å²) in [5, 5.41) is 4.92. The maximum absolute atomic E-state index is 12.1. The number of hydrogen-bond acceptors (Lipinski definition) is 2. The molecule has 114 valence electrons. The molecule has 4 heteroatoms. The highest BCUT2D eigenvalue weighted by atomic mass is 35.5. The van der Waals surface area contributed by atoms with Crippen LogP contribution in [0, 0.1) is 5.92 Å². The summed E-state index contributed by atoms with van der Waals surface area (Å²) < 4.78 is 0. The van der Waals surface area contributed by atoms with Crippen LogP contribution in [0.1, 0.15) is 36.2 Å². The largest absolute Gasteiger partial charge is 0.271 e. The second-order valence-corrected chi connectivity index (χ2v) is 5.91. The Balaban J connectivity index is 2.15. The van der Waals surface area contributed by atoms with E-state index in [0.717, 1.165) is 17.7 Å². The predicted octanol–water partition coefficient (Wildman–Crippen LogP) is 4.52. The Morgan fingerprint density at radius 3 is 2.27 bits per heavy atom. The number of rotatable bonds is 5. The Labute approximate surface area is 136 Å². The molecule has 0 aliphatic rings. The van der Waals surface area contributed by atoms with E-state index in [1.165, 1.54) is 0 Å². The summed E-state index contributed by atoms with van der Waals surface area (Å²) in [4.78, 5) is 12.1. The molecule has 0 aromatic heterocycles. The molecule has 0 unspecified atom stereocenters. The lowest BCUT2D eigenvalue weighted by atomic mass is 10.0. The van der Waals surface area contributed by atoms with Crippen molar-refractivity contribution in [3.8, 4) is 0 Å². The molecular weight excluding hydrogens is 296 g/mol. The third-order valence-corrected chi connectivity index (χ3v) is 3.36. The van der Waals surface area contributed by atoms with Gasteiger partial charge in [0.1, 0.15) is 0 Å². The Morgan fingerprint density at radius 2 is 1.68 bits per heavy atom. The first-order chi connectivity index (χ1) is 10.6. The minimum Gasteiger partial charge on any atom is -0.267 e. The molecule has 0 bridgehead atoms. The van der Waals surface area contributed by atoms with Gasteiger partial charge in [-0.25, -0.2) is 5.43 Å². The summed E-state index contributed by atoms with van der Waals surface area (Å²) in [6.45, 7) is 4.25. The summed E-state index contributed by atoms with van der Waals surface area (Å²) >= 11 is 5.82. The van der Waals surface area contributed by atoms with E-state index in [1.807, 2.05) is 30.3 Å². The predicted molar refractivity (Wildman–Crippen MR) is 91.4 cm³/mol. The smallest absolute Gasteiger partial charge is 0.267 e. The lowest BCUT2D eigenvalue weighted by Crippen LogP contribution is -2.20. The highest BCUT2D eigenvalue weighted by molar-refractivity contribution is 6.30. The SMILES string of the molecule is CC(C)C/C(=N\NC(=O)c1ccc(Cl)cc1)c1ccccc1. The topological polar surface area (TPSA) is 41.5 Å². The van der Waals surface area contributed by atoms with E-state index < -0.39 is 0 Å². The zero-order valence-electron chi connectivity index (χ0n) is 12.7. The van der Waals surface area contributed by atoms with Gasteiger partial charge < -0.3 is 0 Å². The minimum absolute atomic E-state index is 0.242. The van der Waals surface area contributed by atoms with Crippen molar-refractivity contribution >= 4 is 23.2 Å². The Morgan fingerprint density at radius 1 is 1.05 bits per heavy atom. The van der Waals surface area contributed by atoms with Gasteiger partial charge in [0, 0.05) is 10.6 Å². The number of carbonyl (C=O) groups excluding carboxylic acids is 1. The average Bonchev–Trinajstić information content (AvgIpc) is 2.52. The van der Waals surface area contributed by atoms with Gasteiger partial charge in [0.2, 0.25) is 0 Å². The van der Waals surface area contributed by atoms with E-state index in [0.29, 0.717) is 16.5 Å². The van der Waals surface area contributed by atoms with Gasteiger partial charge in [0.15, 0.2) is 0 Å². The highest BCUT2D eigenvalue weighted by Gasteiger charge is 2.08. The van der Waals surface area contributed by atoms with Crippen LogP contribution in [-0.2, 0) is 0 Å². The summed E-state index contributed by atoms with van der Waals surface area (Å²) in [7, 11) is 0. The first kappa shape index (κ1) is 16.2. The van der Waals surface area contributed by atoms with Crippen LogP contribution in [-0.4, -0.2) is 11.6 Å². The Kier molecular flexibility index (Phi) is 5.73. The maximum atomic E-state index is 12.1. The first-order valence-electron chi connectivity index (χ1n) is 7.24. The van der Waals surface area contributed by atoms with Crippen molar-refractivity contribution in [2.24, 2.45) is 11.0 Å². The van der Waals surface area contributed by atoms with Gasteiger partial charge in [-0.3, -0.25) is 4.79 Å². The van der Waals surface area contributed by atoms with Gasteiger partial charge in [0.05, 0.1) is 5.71 Å². The molecule has 0 radical (unpaired) electrons. The maximum Gasteiger partial charge on any atom is 0.271 e. The number of benzene rings is 2. The van der Waals surface area contributed by atoms with Gasteiger partial charge in [-0.05, 0) is 42.2 Å². The van der Waals surface area contributed by atoms with Gasteiger partial charge >= 0.3 is 0 Å². The molecule has 3 nitrogen and oxygen atoms in total. The number of hydrazone groups is 1. The van der Waals surface area contributed by atoms with Crippen molar-refractivity contribution in [3.63, 3.8) is 0 Å². The van der Waals surface area contributed by atoms with Crippen molar-refractivity contribution in [2.45, 2.75) is 20.3 Å². The summed E-state index contributed by atoms with van der Waals surface area (Å²) in [6.07, 6.45) is 0.797. The lowest BCUT2D eigenvalue weighted by Gasteiger charge is -2.10. The van der Waals surface area contributed by atoms with Crippen LogP contribution in [0.3, 0.4) is 0 Å². The molecule has 0 fully saturated rings. The fraction of sp³-hybridized carbons (Fsp3) is 0.222. The van der Waals surface area contributed by atoms with Crippen LogP contribution in [0.15, 0.2) is 59.7 Å². The van der Waals surface area contributed by atoms with E-state index >= 15 is 0 Å². The van der Waals surface area contributed by atoms with Gasteiger partial charge in [-0.1, -0.05) is 55.8 Å². The van der Waals surface area contributed by atoms with Crippen LogP contribution in [0.4, 0.5) is 0 Å². The minimum atomic E-state index is -0.242. The van der Waals surface area contributed by atoms with Crippen LogP contribution in [0.2, 0.25) is 5.02 Å². The van der Waals surface area contributed by atoms with Crippen molar-refractivity contribution in [1.29, 1.82) is 0 Å². The zero-order chi connectivity index (χ0) is 15.9. The quantitative estimate of drug-likeness (QED) is 0.640. The van der Waals surface area contributed by atoms with E-state index in [-0.39, 0.29) is 5.91 Å². The van der Waals surface area contributed by atoms with E-state index in [1.54, 1.807) is 24.3 Å². The molecule has 0 aliphatic heterocycles. The molecule has 0 atom stereocenters. The lowest BCUT2D eigenvalue weighted by molar-refractivity contribution is 0.0954. The molecular formula is C18H19ClN2O. The molecule has 0 saturated heterocycles. The molecule has 22 heavy (non-hydrogen) atoms. The highest BCUT2D eigenvalue weighted by Crippen LogP contribution is 2.11. The summed E-state index contributed by atoms with van der Waals surface area (Å²) in [6, 6.07) is 16.6. The molecule has 2 aromatic rings. The average molecular weight is 315 g/mol. The standard InChI is InChI=1S/C18H19ClN2O/c1-13(2)12-17(14-6-4-3-5-7-14)20-21-18(22)15-8-10-16(19)11-9-15/h3-11,13H,12H2,1-2H3,(H,21,22)/b20-17+. The number of halogens is 1. The Bertz CT molecular complexity index is 649. The number of carbonyl (C=O) groups is 1. The molecule has 1 amide bonds.